The SMILES string of the molecule is Brc1ccc(-[n+]2ccccc2)c(Br)n1.[Br-]. The maximum absolute atomic E-state index is 4.26. The molecule has 0 bridgehead atoms. The van der Waals surface area contributed by atoms with Gasteiger partial charge in [-0.25, -0.2) is 4.98 Å². The second-order valence-electron chi connectivity index (χ2n) is 2.73. The van der Waals surface area contributed by atoms with E-state index in [9.17, 15) is 0 Å². The summed E-state index contributed by atoms with van der Waals surface area (Å²) in [5, 5.41) is 0. The Balaban J connectivity index is 0.00000112. The Morgan fingerprint density at radius 1 is 1.00 bits per heavy atom. The Hall–Kier alpha value is -0.260. The minimum atomic E-state index is 0. The summed E-state index contributed by atoms with van der Waals surface area (Å²) in [7, 11) is 0. The normalized spacial score (nSPS) is 9.47. The fourth-order valence-electron chi connectivity index (χ4n) is 1.16. The number of aromatic nitrogens is 2. The molecule has 2 heterocycles. The number of halogens is 3. The van der Waals surface area contributed by atoms with Crippen LogP contribution in [0.2, 0.25) is 0 Å². The van der Waals surface area contributed by atoms with Crippen molar-refractivity contribution in [2.24, 2.45) is 0 Å². The molecular formula is C10H7Br3N2. The third kappa shape index (κ3) is 3.09. The van der Waals surface area contributed by atoms with Gasteiger partial charge in [0.25, 0.3) is 0 Å². The van der Waals surface area contributed by atoms with Crippen LogP contribution in [-0.2, 0) is 0 Å². The topological polar surface area (TPSA) is 16.8 Å². The molecular weight excluding hydrogens is 388 g/mol. The van der Waals surface area contributed by atoms with Gasteiger partial charge in [-0.2, -0.15) is 4.57 Å². The van der Waals surface area contributed by atoms with Crippen LogP contribution >= 0.6 is 31.9 Å². The highest BCUT2D eigenvalue weighted by Crippen LogP contribution is 2.17. The lowest BCUT2D eigenvalue weighted by Gasteiger charge is -1.97. The van der Waals surface area contributed by atoms with Crippen molar-refractivity contribution in [1.82, 2.24) is 4.98 Å². The molecule has 0 atom stereocenters. The van der Waals surface area contributed by atoms with Gasteiger partial charge in [-0.05, 0) is 37.9 Å². The minimum absolute atomic E-state index is 0. The monoisotopic (exact) mass is 392 g/mol. The molecule has 2 aromatic rings. The highest BCUT2D eigenvalue weighted by molar-refractivity contribution is 9.11. The van der Waals surface area contributed by atoms with Crippen molar-refractivity contribution >= 4 is 31.9 Å². The molecule has 0 aliphatic carbocycles. The van der Waals surface area contributed by atoms with Crippen molar-refractivity contribution in [1.29, 1.82) is 0 Å². The van der Waals surface area contributed by atoms with Crippen molar-refractivity contribution in [3.63, 3.8) is 0 Å². The van der Waals surface area contributed by atoms with Gasteiger partial charge in [0.1, 0.15) is 4.60 Å². The van der Waals surface area contributed by atoms with Gasteiger partial charge in [-0.15, -0.1) is 0 Å². The fourth-order valence-corrected chi connectivity index (χ4v) is 2.23. The van der Waals surface area contributed by atoms with E-state index in [1.54, 1.807) is 0 Å². The minimum Gasteiger partial charge on any atom is -1.00 e. The summed E-state index contributed by atoms with van der Waals surface area (Å²) in [4.78, 5) is 4.26. The van der Waals surface area contributed by atoms with Crippen molar-refractivity contribution in [3.05, 3.63) is 51.9 Å². The first-order chi connectivity index (χ1) is 6.77. The Bertz CT molecular complexity index is 446. The molecule has 0 amide bonds. The lowest BCUT2D eigenvalue weighted by Crippen LogP contribution is -3.00. The zero-order valence-corrected chi connectivity index (χ0v) is 12.3. The predicted molar refractivity (Wildman–Crippen MR) is 61.2 cm³/mol. The van der Waals surface area contributed by atoms with Crippen LogP contribution < -0.4 is 21.5 Å². The van der Waals surface area contributed by atoms with Crippen LogP contribution in [0.3, 0.4) is 0 Å². The van der Waals surface area contributed by atoms with Gasteiger partial charge < -0.3 is 17.0 Å². The van der Waals surface area contributed by atoms with Crippen molar-refractivity contribution < 1.29 is 21.5 Å². The number of pyridine rings is 2. The van der Waals surface area contributed by atoms with Gasteiger partial charge in [0.15, 0.2) is 17.0 Å². The molecule has 0 unspecified atom stereocenters. The van der Waals surface area contributed by atoms with Crippen LogP contribution in [0.1, 0.15) is 0 Å². The van der Waals surface area contributed by atoms with Crippen molar-refractivity contribution in [3.8, 4) is 5.69 Å². The van der Waals surface area contributed by atoms with Crippen LogP contribution in [0, 0.1) is 0 Å². The van der Waals surface area contributed by atoms with Gasteiger partial charge in [0.05, 0.1) is 0 Å². The molecule has 15 heavy (non-hydrogen) atoms. The first-order valence-corrected chi connectivity index (χ1v) is 5.65. The molecule has 0 saturated carbocycles. The summed E-state index contributed by atoms with van der Waals surface area (Å²) in [6, 6.07) is 9.86. The number of nitrogens with zero attached hydrogens (tertiary/aromatic N) is 2. The van der Waals surface area contributed by atoms with E-state index in [4.69, 9.17) is 0 Å². The fraction of sp³-hybridized carbons (Fsp3) is 0. The van der Waals surface area contributed by atoms with E-state index in [-0.39, 0.29) is 17.0 Å². The van der Waals surface area contributed by atoms with Gasteiger partial charge in [-0.3, -0.25) is 0 Å². The lowest BCUT2D eigenvalue weighted by atomic mass is 10.4. The largest absolute Gasteiger partial charge is 1.00 e. The maximum Gasteiger partial charge on any atom is 0.243 e. The number of rotatable bonds is 1. The van der Waals surface area contributed by atoms with Crippen molar-refractivity contribution in [2.45, 2.75) is 0 Å². The zero-order chi connectivity index (χ0) is 9.97. The molecule has 0 aliphatic rings. The summed E-state index contributed by atoms with van der Waals surface area (Å²) >= 11 is 6.74. The van der Waals surface area contributed by atoms with Gasteiger partial charge in [-0.1, -0.05) is 6.07 Å². The van der Waals surface area contributed by atoms with E-state index in [0.29, 0.717) is 0 Å². The molecule has 0 radical (unpaired) electrons. The van der Waals surface area contributed by atoms with E-state index >= 15 is 0 Å². The first-order valence-electron chi connectivity index (χ1n) is 4.06. The molecule has 0 aromatic carbocycles. The Morgan fingerprint density at radius 2 is 1.67 bits per heavy atom. The summed E-state index contributed by atoms with van der Waals surface area (Å²) in [6.07, 6.45) is 3.96. The van der Waals surface area contributed by atoms with Crippen LogP contribution in [0.15, 0.2) is 51.9 Å². The van der Waals surface area contributed by atoms with Crippen LogP contribution in [0.5, 0.6) is 0 Å². The van der Waals surface area contributed by atoms with Crippen LogP contribution in [0.25, 0.3) is 5.69 Å². The standard InChI is InChI=1S/C10H7Br2N2.BrH/c11-9-5-4-8(10(12)13-9)14-6-2-1-3-7-14;/h1-7H;1H/q+1;/p-1. The average molecular weight is 395 g/mol. The number of hydrogen-bond acceptors (Lipinski definition) is 1. The highest BCUT2D eigenvalue weighted by atomic mass is 79.9. The molecule has 5 heteroatoms. The van der Waals surface area contributed by atoms with Gasteiger partial charge >= 0.3 is 0 Å². The van der Waals surface area contributed by atoms with Crippen molar-refractivity contribution in [2.75, 3.05) is 0 Å². The number of hydrogen-bond donors (Lipinski definition) is 0. The molecule has 78 valence electrons. The molecule has 0 N–H and O–H groups in total. The summed E-state index contributed by atoms with van der Waals surface area (Å²) < 4.78 is 3.65. The molecule has 0 aliphatic heterocycles. The third-order valence-electron chi connectivity index (χ3n) is 1.79. The molecule has 2 rings (SSSR count). The molecule has 0 fully saturated rings. The lowest BCUT2D eigenvalue weighted by molar-refractivity contribution is -0.596. The predicted octanol–water partition coefficient (Wildman–Crippen LogP) is -0.113. The van der Waals surface area contributed by atoms with E-state index in [1.807, 2.05) is 47.3 Å². The van der Waals surface area contributed by atoms with Gasteiger partial charge in [0, 0.05) is 18.2 Å². The van der Waals surface area contributed by atoms with E-state index in [0.717, 1.165) is 14.9 Å². The second kappa shape index (κ2) is 5.72. The summed E-state index contributed by atoms with van der Waals surface area (Å²) in [5.41, 5.74) is 1.02. The molecule has 2 nitrogen and oxygen atoms in total. The van der Waals surface area contributed by atoms with Gasteiger partial charge in [0.2, 0.25) is 5.69 Å². The quantitative estimate of drug-likeness (QED) is 0.487. The summed E-state index contributed by atoms with van der Waals surface area (Å²) in [5.74, 6) is 0. The molecule has 0 spiro atoms. The smallest absolute Gasteiger partial charge is 0.243 e. The summed E-state index contributed by atoms with van der Waals surface area (Å²) in [6.45, 7) is 0. The molecule has 2 aromatic heterocycles. The third-order valence-corrected chi connectivity index (χ3v) is 2.81. The van der Waals surface area contributed by atoms with E-state index < -0.39 is 0 Å². The highest BCUT2D eigenvalue weighted by Gasteiger charge is 2.10. The Kier molecular flexibility index (Phi) is 4.89. The second-order valence-corrected chi connectivity index (χ2v) is 4.29. The Morgan fingerprint density at radius 3 is 2.27 bits per heavy atom. The Labute approximate surface area is 115 Å². The first kappa shape index (κ1) is 12.8. The molecule has 0 saturated heterocycles. The maximum atomic E-state index is 4.26. The van der Waals surface area contributed by atoms with Crippen LogP contribution in [-0.4, -0.2) is 4.98 Å². The van der Waals surface area contributed by atoms with E-state index in [2.05, 4.69) is 36.8 Å². The average Bonchev–Trinajstić information content (AvgIpc) is 2.19. The van der Waals surface area contributed by atoms with Crippen LogP contribution in [0.4, 0.5) is 0 Å². The van der Waals surface area contributed by atoms with E-state index in [1.165, 1.54) is 0 Å². The zero-order valence-electron chi connectivity index (χ0n) is 7.57.